The normalized spacial score (nSPS) is 11.3. The van der Waals surface area contributed by atoms with Crippen molar-refractivity contribution in [3.05, 3.63) is 29.6 Å². The number of nitrogens with zero attached hydrogens (tertiary/aromatic N) is 2. The van der Waals surface area contributed by atoms with Crippen molar-refractivity contribution in [2.24, 2.45) is 0 Å². The van der Waals surface area contributed by atoms with Crippen LogP contribution < -0.4 is 0 Å². The topological polar surface area (TPSA) is 17.8 Å². The first-order chi connectivity index (χ1) is 9.26. The summed E-state index contributed by atoms with van der Waals surface area (Å²) in [5.74, 6) is 2.99. The molecule has 0 bridgehead atoms. The number of hydrogen-bond acceptors (Lipinski definition) is 2. The van der Waals surface area contributed by atoms with E-state index >= 15 is 0 Å². The highest BCUT2D eigenvalue weighted by Crippen LogP contribution is 2.19. The van der Waals surface area contributed by atoms with Crippen molar-refractivity contribution in [3.8, 4) is 0 Å². The summed E-state index contributed by atoms with van der Waals surface area (Å²) >= 11 is 7.81. The van der Waals surface area contributed by atoms with Gasteiger partial charge in [-0.1, -0.05) is 6.07 Å². The molecule has 0 radical (unpaired) electrons. The summed E-state index contributed by atoms with van der Waals surface area (Å²) in [4.78, 5) is 4.72. The average Bonchev–Trinajstić information content (AvgIpc) is 2.73. The van der Waals surface area contributed by atoms with Gasteiger partial charge in [-0.15, -0.1) is 11.6 Å². The highest BCUT2D eigenvalue weighted by Gasteiger charge is 2.10. The van der Waals surface area contributed by atoms with Gasteiger partial charge in [0.1, 0.15) is 5.82 Å². The highest BCUT2D eigenvalue weighted by molar-refractivity contribution is 7.98. The maximum absolute atomic E-state index is 5.89. The second-order valence-corrected chi connectivity index (χ2v) is 6.17. The molecule has 2 rings (SSSR count). The molecule has 0 N–H and O–H groups in total. The van der Waals surface area contributed by atoms with Gasteiger partial charge >= 0.3 is 0 Å². The van der Waals surface area contributed by atoms with Crippen LogP contribution in [-0.4, -0.2) is 27.4 Å². The van der Waals surface area contributed by atoms with Crippen molar-refractivity contribution in [1.82, 2.24) is 9.55 Å². The monoisotopic (exact) mass is 296 g/mol. The number of aromatic nitrogens is 2. The van der Waals surface area contributed by atoms with Crippen LogP contribution >= 0.6 is 23.4 Å². The van der Waals surface area contributed by atoms with Crippen molar-refractivity contribution in [2.45, 2.75) is 32.7 Å². The third kappa shape index (κ3) is 3.67. The Bertz CT molecular complexity index is 536. The van der Waals surface area contributed by atoms with E-state index in [2.05, 4.69) is 35.9 Å². The Kier molecular flexibility index (Phi) is 5.59. The summed E-state index contributed by atoms with van der Waals surface area (Å²) in [7, 11) is 0. The summed E-state index contributed by atoms with van der Waals surface area (Å²) in [5, 5.41) is 0. The average molecular weight is 297 g/mol. The van der Waals surface area contributed by atoms with Gasteiger partial charge in [-0.3, -0.25) is 0 Å². The fourth-order valence-electron chi connectivity index (χ4n) is 2.32. The molecular formula is C15H21ClN2S. The number of imidazole rings is 1. The smallest absolute Gasteiger partial charge is 0.111 e. The third-order valence-electron chi connectivity index (χ3n) is 3.28. The molecule has 0 saturated carbocycles. The van der Waals surface area contributed by atoms with Crippen LogP contribution in [0.25, 0.3) is 11.0 Å². The van der Waals surface area contributed by atoms with Crippen molar-refractivity contribution in [1.29, 1.82) is 0 Å². The van der Waals surface area contributed by atoms with E-state index in [1.807, 2.05) is 11.8 Å². The lowest BCUT2D eigenvalue weighted by molar-refractivity contribution is 0.623. The fourth-order valence-corrected chi connectivity index (χ4v) is 2.99. The molecule has 0 aliphatic rings. The Balaban J connectivity index is 2.25. The second-order valence-electron chi connectivity index (χ2n) is 4.81. The SMILES string of the molecule is CSCCCCn1c(CCCl)nc2ccc(C)cc21. The molecule has 0 aliphatic carbocycles. The summed E-state index contributed by atoms with van der Waals surface area (Å²) in [6.45, 7) is 3.18. The number of benzene rings is 1. The number of hydrogen-bond donors (Lipinski definition) is 0. The molecule has 19 heavy (non-hydrogen) atoms. The number of alkyl halides is 1. The van der Waals surface area contributed by atoms with Gasteiger partial charge in [-0.2, -0.15) is 11.8 Å². The number of aryl methyl sites for hydroxylation is 3. The Labute approximate surface area is 124 Å². The van der Waals surface area contributed by atoms with Crippen LogP contribution in [0.5, 0.6) is 0 Å². The molecule has 0 atom stereocenters. The quantitative estimate of drug-likeness (QED) is 0.561. The maximum Gasteiger partial charge on any atom is 0.111 e. The Morgan fingerprint density at radius 2 is 2.16 bits per heavy atom. The van der Waals surface area contributed by atoms with E-state index in [0.717, 1.165) is 24.3 Å². The van der Waals surface area contributed by atoms with Gasteiger partial charge in [0, 0.05) is 18.8 Å². The molecule has 1 aromatic heterocycles. The standard InChI is InChI=1S/C15H21ClN2S/c1-12-5-6-13-14(11-12)18(9-3-4-10-19-2)15(17-13)7-8-16/h5-6,11H,3-4,7-10H2,1-2H3. The van der Waals surface area contributed by atoms with E-state index in [0.29, 0.717) is 5.88 Å². The Hall–Kier alpha value is -0.670. The van der Waals surface area contributed by atoms with Crippen LogP contribution in [0, 0.1) is 6.92 Å². The first-order valence-corrected chi connectivity index (χ1v) is 8.69. The summed E-state index contributed by atoms with van der Waals surface area (Å²) in [5.41, 5.74) is 3.63. The summed E-state index contributed by atoms with van der Waals surface area (Å²) in [6.07, 6.45) is 5.47. The van der Waals surface area contributed by atoms with Crippen molar-refractivity contribution < 1.29 is 0 Å². The number of thioether (sulfide) groups is 1. The van der Waals surface area contributed by atoms with Gasteiger partial charge in [0.15, 0.2) is 0 Å². The van der Waals surface area contributed by atoms with Crippen LogP contribution in [0.15, 0.2) is 18.2 Å². The minimum atomic E-state index is 0.632. The number of unbranched alkanes of at least 4 members (excludes halogenated alkanes) is 1. The lowest BCUT2D eigenvalue weighted by atomic mass is 10.2. The summed E-state index contributed by atoms with van der Waals surface area (Å²) < 4.78 is 2.35. The molecule has 2 nitrogen and oxygen atoms in total. The Morgan fingerprint density at radius 1 is 1.32 bits per heavy atom. The predicted molar refractivity (Wildman–Crippen MR) is 86.5 cm³/mol. The molecule has 2 aromatic rings. The van der Waals surface area contributed by atoms with Gasteiger partial charge in [0.2, 0.25) is 0 Å². The minimum absolute atomic E-state index is 0.632. The van der Waals surface area contributed by atoms with E-state index < -0.39 is 0 Å². The van der Waals surface area contributed by atoms with Crippen LogP contribution in [0.3, 0.4) is 0 Å². The van der Waals surface area contributed by atoms with E-state index in [1.165, 1.54) is 29.7 Å². The molecule has 0 spiro atoms. The van der Waals surface area contributed by atoms with Crippen LogP contribution in [-0.2, 0) is 13.0 Å². The first kappa shape index (κ1) is 14.7. The first-order valence-electron chi connectivity index (χ1n) is 6.77. The van der Waals surface area contributed by atoms with Gasteiger partial charge in [-0.25, -0.2) is 4.98 Å². The van der Waals surface area contributed by atoms with E-state index in [-0.39, 0.29) is 0 Å². The summed E-state index contributed by atoms with van der Waals surface area (Å²) in [6, 6.07) is 6.47. The van der Waals surface area contributed by atoms with Crippen LogP contribution in [0.1, 0.15) is 24.2 Å². The fraction of sp³-hybridized carbons (Fsp3) is 0.533. The second kappa shape index (κ2) is 7.20. The molecular weight excluding hydrogens is 276 g/mol. The number of rotatable bonds is 7. The molecule has 1 aromatic carbocycles. The highest BCUT2D eigenvalue weighted by atomic mass is 35.5. The van der Waals surface area contributed by atoms with Crippen LogP contribution in [0.4, 0.5) is 0 Å². The zero-order chi connectivity index (χ0) is 13.7. The number of fused-ring (bicyclic) bond motifs is 1. The van der Waals surface area contributed by atoms with E-state index in [1.54, 1.807) is 0 Å². The van der Waals surface area contributed by atoms with E-state index in [9.17, 15) is 0 Å². The zero-order valence-corrected chi connectivity index (χ0v) is 13.2. The van der Waals surface area contributed by atoms with Crippen LogP contribution in [0.2, 0.25) is 0 Å². The maximum atomic E-state index is 5.89. The molecule has 0 unspecified atom stereocenters. The third-order valence-corrected chi connectivity index (χ3v) is 4.17. The van der Waals surface area contributed by atoms with E-state index in [4.69, 9.17) is 16.6 Å². The zero-order valence-electron chi connectivity index (χ0n) is 11.7. The van der Waals surface area contributed by atoms with Crippen molar-refractivity contribution in [2.75, 3.05) is 17.9 Å². The van der Waals surface area contributed by atoms with Gasteiger partial charge < -0.3 is 4.57 Å². The molecule has 0 amide bonds. The number of halogens is 1. The molecule has 4 heteroatoms. The predicted octanol–water partition coefficient (Wildman–Crippen LogP) is 4.27. The van der Waals surface area contributed by atoms with Gasteiger partial charge in [-0.05, 0) is 49.5 Å². The minimum Gasteiger partial charge on any atom is -0.328 e. The lowest BCUT2D eigenvalue weighted by Crippen LogP contribution is -2.05. The Morgan fingerprint density at radius 3 is 2.89 bits per heavy atom. The van der Waals surface area contributed by atoms with Crippen molar-refractivity contribution >= 4 is 34.4 Å². The molecule has 0 fully saturated rings. The van der Waals surface area contributed by atoms with Crippen molar-refractivity contribution in [3.63, 3.8) is 0 Å². The molecule has 0 saturated heterocycles. The largest absolute Gasteiger partial charge is 0.328 e. The van der Waals surface area contributed by atoms with Gasteiger partial charge in [0.05, 0.1) is 11.0 Å². The molecule has 0 aliphatic heterocycles. The molecule has 104 valence electrons. The molecule has 1 heterocycles. The van der Waals surface area contributed by atoms with Gasteiger partial charge in [0.25, 0.3) is 0 Å². The lowest BCUT2D eigenvalue weighted by Gasteiger charge is -2.08.